The third-order valence-corrected chi connectivity index (χ3v) is 4.02. The van der Waals surface area contributed by atoms with Gasteiger partial charge in [-0.25, -0.2) is 10.1 Å². The fraction of sp³-hybridized carbons (Fsp3) is 0. The average Bonchev–Trinajstić information content (AvgIpc) is 3.39. The highest BCUT2D eigenvalue weighted by Gasteiger charge is 2.13. The molecular weight excluding hydrogens is 356 g/mol. The van der Waals surface area contributed by atoms with E-state index in [-0.39, 0.29) is 11.7 Å². The summed E-state index contributed by atoms with van der Waals surface area (Å²) in [7, 11) is 0. The van der Waals surface area contributed by atoms with Crippen molar-refractivity contribution in [1.82, 2.24) is 15.2 Å². The van der Waals surface area contributed by atoms with E-state index in [9.17, 15) is 9.90 Å². The Morgan fingerprint density at radius 1 is 1.07 bits per heavy atom. The number of aromatic nitrogens is 2. The third-order valence-electron chi connectivity index (χ3n) is 4.02. The van der Waals surface area contributed by atoms with Gasteiger partial charge in [0.05, 0.1) is 18.2 Å². The van der Waals surface area contributed by atoms with Gasteiger partial charge < -0.3 is 9.52 Å². The highest BCUT2D eigenvalue weighted by atomic mass is 16.3. The largest absolute Gasteiger partial charge is 0.508 e. The second-order valence-corrected chi connectivity index (χ2v) is 5.94. The first kappa shape index (κ1) is 17.3. The molecule has 4 aromatic rings. The number of para-hydroxylation sites is 1. The highest BCUT2D eigenvalue weighted by molar-refractivity contribution is 5.95. The molecule has 0 atom stereocenters. The fourth-order valence-electron chi connectivity index (χ4n) is 2.64. The minimum Gasteiger partial charge on any atom is -0.508 e. The van der Waals surface area contributed by atoms with E-state index in [4.69, 9.17) is 4.42 Å². The molecule has 0 radical (unpaired) electrons. The average molecular weight is 372 g/mol. The van der Waals surface area contributed by atoms with Gasteiger partial charge in [0, 0.05) is 17.3 Å². The van der Waals surface area contributed by atoms with Crippen LogP contribution in [-0.2, 0) is 0 Å². The molecular formula is C21H16N4O3. The Labute approximate surface area is 160 Å². The lowest BCUT2D eigenvalue weighted by molar-refractivity contribution is 0.0955. The minimum atomic E-state index is -0.383. The third kappa shape index (κ3) is 3.68. The molecule has 2 N–H and O–H groups in total. The molecule has 4 rings (SSSR count). The standard InChI is InChI=1S/C21H16N4O3/c26-18-10-8-15(9-11-18)21(27)23-22-13-16-14-25(17-5-2-1-3-6-17)24-20(16)19-7-4-12-28-19/h1-14,26H,(H,23,27)/b22-13-. The number of hydrogen-bond donors (Lipinski definition) is 2. The molecule has 0 saturated heterocycles. The lowest BCUT2D eigenvalue weighted by Gasteiger charge is -1.99. The SMILES string of the molecule is O=C(N/N=C\c1cn(-c2ccccc2)nc1-c1ccco1)c1ccc(O)cc1. The van der Waals surface area contributed by atoms with Crippen LogP contribution >= 0.6 is 0 Å². The quantitative estimate of drug-likeness (QED) is 0.413. The van der Waals surface area contributed by atoms with Crippen LogP contribution in [0.4, 0.5) is 0 Å². The van der Waals surface area contributed by atoms with Crippen LogP contribution in [0.25, 0.3) is 17.1 Å². The summed E-state index contributed by atoms with van der Waals surface area (Å²) < 4.78 is 7.19. The number of nitrogens with zero attached hydrogens (tertiary/aromatic N) is 3. The summed E-state index contributed by atoms with van der Waals surface area (Å²) >= 11 is 0. The number of benzene rings is 2. The van der Waals surface area contributed by atoms with Gasteiger partial charge in [-0.15, -0.1) is 0 Å². The lowest BCUT2D eigenvalue weighted by Crippen LogP contribution is -2.17. The van der Waals surface area contributed by atoms with Crippen molar-refractivity contribution in [2.24, 2.45) is 5.10 Å². The van der Waals surface area contributed by atoms with Crippen LogP contribution in [0.2, 0.25) is 0 Å². The molecule has 0 bridgehead atoms. The highest BCUT2D eigenvalue weighted by Crippen LogP contribution is 2.23. The van der Waals surface area contributed by atoms with Gasteiger partial charge in [0.15, 0.2) is 5.76 Å². The van der Waals surface area contributed by atoms with Crippen LogP contribution in [0.15, 0.2) is 88.7 Å². The maximum Gasteiger partial charge on any atom is 0.271 e. The Morgan fingerprint density at radius 3 is 2.57 bits per heavy atom. The normalized spacial score (nSPS) is 11.0. The van der Waals surface area contributed by atoms with E-state index in [1.807, 2.05) is 42.6 Å². The molecule has 28 heavy (non-hydrogen) atoms. The predicted octanol–water partition coefficient (Wildman–Crippen LogP) is 3.60. The van der Waals surface area contributed by atoms with Crippen molar-refractivity contribution < 1.29 is 14.3 Å². The van der Waals surface area contributed by atoms with E-state index in [2.05, 4.69) is 15.6 Å². The number of carbonyl (C=O) groups excluding carboxylic acids is 1. The number of phenolic OH excluding ortho intramolecular Hbond substituents is 1. The zero-order valence-electron chi connectivity index (χ0n) is 14.7. The number of rotatable bonds is 5. The number of hydrogen-bond acceptors (Lipinski definition) is 5. The van der Waals surface area contributed by atoms with E-state index in [1.54, 1.807) is 17.0 Å². The van der Waals surface area contributed by atoms with Gasteiger partial charge in [0.1, 0.15) is 11.4 Å². The maximum absolute atomic E-state index is 12.1. The van der Waals surface area contributed by atoms with Crippen LogP contribution < -0.4 is 5.43 Å². The van der Waals surface area contributed by atoms with Gasteiger partial charge >= 0.3 is 0 Å². The summed E-state index contributed by atoms with van der Waals surface area (Å²) in [6.45, 7) is 0. The van der Waals surface area contributed by atoms with Crippen molar-refractivity contribution in [1.29, 1.82) is 0 Å². The number of nitrogens with one attached hydrogen (secondary N) is 1. The van der Waals surface area contributed by atoms with Crippen molar-refractivity contribution in [3.05, 3.63) is 90.3 Å². The molecule has 0 fully saturated rings. The second-order valence-electron chi connectivity index (χ2n) is 5.94. The van der Waals surface area contributed by atoms with Crippen LogP contribution in [-0.4, -0.2) is 27.0 Å². The molecule has 2 aromatic carbocycles. The molecule has 7 nitrogen and oxygen atoms in total. The van der Waals surface area contributed by atoms with Gasteiger partial charge in [0.25, 0.3) is 5.91 Å². The summed E-state index contributed by atoms with van der Waals surface area (Å²) in [6, 6.07) is 19.2. The Balaban J connectivity index is 1.59. The zero-order chi connectivity index (χ0) is 19.3. The molecule has 1 amide bonds. The molecule has 0 unspecified atom stereocenters. The Hall–Kier alpha value is -4.13. The van der Waals surface area contributed by atoms with Gasteiger partial charge in [-0.1, -0.05) is 18.2 Å². The van der Waals surface area contributed by atoms with E-state index < -0.39 is 0 Å². The van der Waals surface area contributed by atoms with E-state index in [0.717, 1.165) is 5.69 Å². The molecule has 2 aromatic heterocycles. The Bertz CT molecular complexity index is 1100. The van der Waals surface area contributed by atoms with E-state index >= 15 is 0 Å². The molecule has 0 aliphatic rings. The molecule has 138 valence electrons. The predicted molar refractivity (Wildman–Crippen MR) is 104 cm³/mol. The smallest absolute Gasteiger partial charge is 0.271 e. The number of amides is 1. The number of carbonyl (C=O) groups is 1. The number of aromatic hydroxyl groups is 1. The Kier molecular flexibility index (Phi) is 4.71. The molecule has 0 aliphatic carbocycles. The van der Waals surface area contributed by atoms with Crippen molar-refractivity contribution in [2.75, 3.05) is 0 Å². The summed E-state index contributed by atoms with van der Waals surface area (Å²) in [4.78, 5) is 12.1. The van der Waals surface area contributed by atoms with Gasteiger partial charge in [0.2, 0.25) is 0 Å². The fourth-order valence-corrected chi connectivity index (χ4v) is 2.64. The van der Waals surface area contributed by atoms with Crippen molar-refractivity contribution in [2.45, 2.75) is 0 Å². The van der Waals surface area contributed by atoms with Gasteiger partial charge in [-0.2, -0.15) is 10.2 Å². The monoisotopic (exact) mass is 372 g/mol. The van der Waals surface area contributed by atoms with E-state index in [1.165, 1.54) is 30.5 Å². The van der Waals surface area contributed by atoms with E-state index in [0.29, 0.717) is 22.6 Å². The molecule has 0 saturated carbocycles. The summed E-state index contributed by atoms with van der Waals surface area (Å²) in [5.74, 6) is 0.309. The summed E-state index contributed by atoms with van der Waals surface area (Å²) in [6.07, 6.45) is 4.90. The molecule has 0 aliphatic heterocycles. The first-order chi connectivity index (χ1) is 13.7. The number of hydrazone groups is 1. The topological polar surface area (TPSA) is 92.7 Å². The molecule has 0 spiro atoms. The first-order valence-corrected chi connectivity index (χ1v) is 8.52. The van der Waals surface area contributed by atoms with Crippen LogP contribution in [0.5, 0.6) is 5.75 Å². The lowest BCUT2D eigenvalue weighted by atomic mass is 10.2. The van der Waals surface area contributed by atoms with Gasteiger partial charge in [-0.3, -0.25) is 4.79 Å². The van der Waals surface area contributed by atoms with Crippen LogP contribution in [0.1, 0.15) is 15.9 Å². The van der Waals surface area contributed by atoms with Gasteiger partial charge in [-0.05, 0) is 48.5 Å². The molecule has 2 heterocycles. The molecule has 7 heteroatoms. The second kappa shape index (κ2) is 7.63. The minimum absolute atomic E-state index is 0.0940. The zero-order valence-corrected chi connectivity index (χ0v) is 14.7. The van der Waals surface area contributed by atoms with Crippen LogP contribution in [0.3, 0.4) is 0 Å². The summed E-state index contributed by atoms with van der Waals surface area (Å²) in [5.41, 5.74) is 5.04. The van der Waals surface area contributed by atoms with Crippen molar-refractivity contribution in [3.63, 3.8) is 0 Å². The Morgan fingerprint density at radius 2 is 1.86 bits per heavy atom. The number of phenols is 1. The van der Waals surface area contributed by atoms with Crippen molar-refractivity contribution in [3.8, 4) is 22.9 Å². The first-order valence-electron chi connectivity index (χ1n) is 8.52. The van der Waals surface area contributed by atoms with Crippen molar-refractivity contribution >= 4 is 12.1 Å². The summed E-state index contributed by atoms with van der Waals surface area (Å²) in [5, 5.41) is 17.9. The number of furan rings is 1. The van der Waals surface area contributed by atoms with Crippen LogP contribution in [0, 0.1) is 0 Å². The maximum atomic E-state index is 12.1.